The number of hydrogen-bond donors (Lipinski definition) is 2. The third kappa shape index (κ3) is 5.67. The molecule has 0 spiro atoms. The Morgan fingerprint density at radius 2 is 0.765 bits per heavy atom. The normalized spacial score (nSPS) is 28.0. The molecule has 342 valence electrons. The van der Waals surface area contributed by atoms with Gasteiger partial charge in [0, 0.05) is 12.8 Å². The molecule has 6 heterocycles. The Kier molecular flexibility index (Phi) is 9.35. The van der Waals surface area contributed by atoms with Crippen LogP contribution in [0, 0.1) is 0 Å². The Morgan fingerprint density at radius 1 is 0.441 bits per heavy atom. The summed E-state index contributed by atoms with van der Waals surface area (Å²) < 4.78 is 65.3. The maximum atomic E-state index is 15.7. The number of anilines is 2. The number of sulfonamides is 2. The van der Waals surface area contributed by atoms with Gasteiger partial charge in [0.1, 0.15) is 36.5 Å². The number of hydrogen-bond acceptors (Lipinski definition) is 8. The molecule has 8 atom stereocenters. The lowest BCUT2D eigenvalue weighted by Crippen LogP contribution is -2.69. The maximum Gasteiger partial charge on any atom is 0.266 e. The van der Waals surface area contributed by atoms with E-state index in [4.69, 9.17) is 0 Å². The van der Waals surface area contributed by atoms with Crippen LogP contribution in [0.2, 0.25) is 0 Å². The minimum Gasteiger partial charge on any atom is -0.342 e. The molecular weight excluding hydrogens is 901 g/mol. The molecule has 4 fully saturated rings. The van der Waals surface area contributed by atoms with Crippen LogP contribution in [0.5, 0.6) is 0 Å². The Balaban J connectivity index is 1.15. The maximum absolute atomic E-state index is 15.7. The van der Waals surface area contributed by atoms with E-state index < -0.39 is 91.0 Å². The van der Waals surface area contributed by atoms with Crippen molar-refractivity contribution in [1.82, 2.24) is 20.4 Å². The van der Waals surface area contributed by atoms with Gasteiger partial charge >= 0.3 is 0 Å². The van der Waals surface area contributed by atoms with Gasteiger partial charge in [-0.1, -0.05) is 133 Å². The van der Waals surface area contributed by atoms with Crippen LogP contribution in [0.15, 0.2) is 180 Å². The molecule has 0 bridgehead atoms. The van der Waals surface area contributed by atoms with Gasteiger partial charge in [0.2, 0.25) is 23.6 Å². The Bertz CT molecular complexity index is 3070. The van der Waals surface area contributed by atoms with Gasteiger partial charge in [0.05, 0.1) is 32.0 Å². The van der Waals surface area contributed by atoms with Crippen LogP contribution >= 0.6 is 0 Å². The summed E-state index contributed by atoms with van der Waals surface area (Å²) in [5.74, 6) is -2.05. The fraction of sp³-hybridized carbons (Fsp3) is 0.231. The quantitative estimate of drug-likeness (QED) is 0.212. The summed E-state index contributed by atoms with van der Waals surface area (Å²) in [6.45, 7) is 0. The number of piperazine rings is 2. The summed E-state index contributed by atoms with van der Waals surface area (Å²) in [6.07, 6.45) is -3.14. The van der Waals surface area contributed by atoms with Crippen molar-refractivity contribution in [3.05, 3.63) is 192 Å². The van der Waals surface area contributed by atoms with Crippen molar-refractivity contribution in [2.45, 2.75) is 82.8 Å². The second-order valence-electron chi connectivity index (χ2n) is 18.4. The average molecular weight is 945 g/mol. The molecule has 2 N–H and O–H groups in total. The van der Waals surface area contributed by atoms with E-state index in [1.54, 1.807) is 84.9 Å². The van der Waals surface area contributed by atoms with Gasteiger partial charge < -0.3 is 20.4 Å². The number of rotatable bonds is 9. The molecule has 4 saturated heterocycles. The fourth-order valence-electron chi connectivity index (χ4n) is 12.5. The minimum absolute atomic E-state index is 0.0693. The van der Waals surface area contributed by atoms with Crippen molar-refractivity contribution in [3.63, 3.8) is 0 Å². The monoisotopic (exact) mass is 944 g/mol. The van der Waals surface area contributed by atoms with E-state index in [2.05, 4.69) is 10.6 Å². The van der Waals surface area contributed by atoms with Crippen LogP contribution in [-0.2, 0) is 62.9 Å². The highest BCUT2D eigenvalue weighted by Crippen LogP contribution is 2.72. The second-order valence-corrected chi connectivity index (χ2v) is 22.0. The lowest BCUT2D eigenvalue weighted by atomic mass is 9.54. The highest BCUT2D eigenvalue weighted by atomic mass is 32.2. The van der Waals surface area contributed by atoms with E-state index >= 15 is 26.4 Å². The zero-order chi connectivity index (χ0) is 46.7. The number of carbonyl (C=O) groups is 4. The topological polar surface area (TPSA) is 174 Å². The molecule has 6 unspecified atom stereocenters. The van der Waals surface area contributed by atoms with Crippen LogP contribution in [0.25, 0.3) is 0 Å². The SMILES string of the molecule is O=C1NC(Cc2ccccc2)C(=O)N2C1C[C@]1([C@]34CC5C(=O)NC(Cc6ccccc6)C(=O)N5C3N(S(=O)(=O)c3ccccc3)c3ccccc34)c3ccccc3N(S(=O)(=O)c3ccccc3)C21. The van der Waals surface area contributed by atoms with Gasteiger partial charge in [-0.05, 0) is 71.5 Å². The zero-order valence-corrected chi connectivity index (χ0v) is 38.0. The molecule has 0 radical (unpaired) electrons. The summed E-state index contributed by atoms with van der Waals surface area (Å²) in [5.41, 5.74) is -0.514. The van der Waals surface area contributed by atoms with Crippen molar-refractivity contribution in [2.24, 2.45) is 0 Å². The van der Waals surface area contributed by atoms with Crippen molar-refractivity contribution in [2.75, 3.05) is 8.61 Å². The number of benzene rings is 6. The van der Waals surface area contributed by atoms with Gasteiger partial charge in [-0.3, -0.25) is 19.2 Å². The average Bonchev–Trinajstić information content (AvgIpc) is 4.07. The first-order chi connectivity index (χ1) is 32.9. The Labute approximate surface area is 393 Å². The van der Waals surface area contributed by atoms with E-state index in [0.29, 0.717) is 11.1 Å². The molecule has 0 aromatic heterocycles. The summed E-state index contributed by atoms with van der Waals surface area (Å²) >= 11 is 0. The third-order valence-electron chi connectivity index (χ3n) is 15.1. The van der Waals surface area contributed by atoms with E-state index in [-0.39, 0.29) is 46.8 Å². The largest absolute Gasteiger partial charge is 0.342 e. The molecule has 6 aromatic rings. The lowest BCUT2D eigenvalue weighted by molar-refractivity contribution is -0.149. The predicted molar refractivity (Wildman–Crippen MR) is 251 cm³/mol. The highest BCUT2D eigenvalue weighted by Gasteiger charge is 2.82. The van der Waals surface area contributed by atoms with E-state index in [1.165, 1.54) is 42.7 Å². The Hall–Kier alpha value is -7.30. The van der Waals surface area contributed by atoms with Crippen LogP contribution in [0.1, 0.15) is 35.1 Å². The number of nitrogens with one attached hydrogen (secondary N) is 2. The van der Waals surface area contributed by atoms with Crippen LogP contribution < -0.4 is 19.2 Å². The van der Waals surface area contributed by atoms with E-state index in [9.17, 15) is 9.59 Å². The molecule has 68 heavy (non-hydrogen) atoms. The van der Waals surface area contributed by atoms with Crippen LogP contribution in [-0.4, -0.2) is 86.8 Å². The Morgan fingerprint density at radius 3 is 1.13 bits per heavy atom. The summed E-state index contributed by atoms with van der Waals surface area (Å²) in [7, 11) is -9.22. The third-order valence-corrected chi connectivity index (χ3v) is 18.7. The summed E-state index contributed by atoms with van der Waals surface area (Å²) in [5, 5.41) is 5.97. The van der Waals surface area contributed by atoms with Crippen LogP contribution in [0.4, 0.5) is 11.4 Å². The molecule has 14 nitrogen and oxygen atoms in total. The van der Waals surface area contributed by atoms with Gasteiger partial charge in [0.25, 0.3) is 20.0 Å². The van der Waals surface area contributed by atoms with E-state index in [0.717, 1.165) is 11.1 Å². The highest BCUT2D eigenvalue weighted by molar-refractivity contribution is 7.93. The van der Waals surface area contributed by atoms with Crippen molar-refractivity contribution < 1.29 is 36.0 Å². The minimum atomic E-state index is -4.61. The molecule has 0 saturated carbocycles. The molecule has 0 aliphatic carbocycles. The van der Waals surface area contributed by atoms with Crippen LogP contribution in [0.3, 0.4) is 0 Å². The molecule has 12 rings (SSSR count). The first kappa shape index (κ1) is 42.1. The standard InChI is InChI=1S/C52H44N6O8S2/c59-45-43-31-51(37-25-13-15-27-41(37)57(67(63,64)35-21-9-3-10-22-35)49(51)55(43)47(61)39(53-45)29-33-17-5-1-6-18-33)52-32-44-46(60)54-40(30-34-19-7-2-8-20-34)48(62)56(44)50(52)58(42-28-16-14-26-38(42)52)68(65,66)36-23-11-4-12-24-36/h1-28,39-40,43-44,49-50H,29-32H2,(H,53,59)(H,54,60)/t39?,40?,43?,44?,49?,50?,51-,52-/m0/s1. The van der Waals surface area contributed by atoms with E-state index in [1.807, 2.05) is 60.7 Å². The number of nitrogens with zero attached hydrogens (tertiary/aromatic N) is 4. The molecule has 6 aliphatic rings. The van der Waals surface area contributed by atoms with Gasteiger partial charge in [-0.15, -0.1) is 0 Å². The summed E-state index contributed by atoms with van der Waals surface area (Å²) in [4.78, 5) is 63.8. The first-order valence-corrected chi connectivity index (χ1v) is 25.5. The summed E-state index contributed by atoms with van der Waals surface area (Å²) in [6, 6.07) is 43.2. The fourth-order valence-corrected chi connectivity index (χ4v) is 15.9. The van der Waals surface area contributed by atoms with Gasteiger partial charge in [-0.25, -0.2) is 25.4 Å². The molecule has 16 heteroatoms. The van der Waals surface area contributed by atoms with Gasteiger partial charge in [0.15, 0.2) is 0 Å². The number of amides is 4. The molecule has 4 amide bonds. The first-order valence-electron chi connectivity index (χ1n) is 22.6. The number of fused-ring (bicyclic) bond motifs is 11. The number of para-hydroxylation sites is 2. The molecule has 6 aliphatic heterocycles. The van der Waals surface area contributed by atoms with Gasteiger partial charge in [-0.2, -0.15) is 0 Å². The molecular formula is C52H44N6O8S2. The van der Waals surface area contributed by atoms with Crippen molar-refractivity contribution >= 4 is 55.1 Å². The second kappa shape index (κ2) is 15.1. The number of carbonyl (C=O) groups excluding carboxylic acids is 4. The lowest BCUT2D eigenvalue weighted by Gasteiger charge is -2.50. The zero-order valence-electron chi connectivity index (χ0n) is 36.3. The molecule has 6 aromatic carbocycles. The predicted octanol–water partition coefficient (Wildman–Crippen LogP) is 4.62. The van der Waals surface area contributed by atoms with Crippen molar-refractivity contribution in [3.8, 4) is 0 Å². The van der Waals surface area contributed by atoms with Crippen molar-refractivity contribution in [1.29, 1.82) is 0 Å². The smallest absolute Gasteiger partial charge is 0.266 e.